The van der Waals surface area contributed by atoms with E-state index in [1.54, 1.807) is 29.8 Å². The third-order valence-electron chi connectivity index (χ3n) is 1.97. The fourth-order valence-electron chi connectivity index (χ4n) is 1.24. The van der Waals surface area contributed by atoms with Crippen LogP contribution in [0.4, 0.5) is 11.8 Å². The van der Waals surface area contributed by atoms with E-state index in [-0.39, 0.29) is 6.04 Å². The number of nitrogens with zero attached hydrogens (tertiary/aromatic N) is 3. The Labute approximate surface area is 96.9 Å². The van der Waals surface area contributed by atoms with Gasteiger partial charge in [-0.3, -0.25) is 5.43 Å². The highest BCUT2D eigenvalue weighted by molar-refractivity contribution is 7.09. The summed E-state index contributed by atoms with van der Waals surface area (Å²) in [5.74, 6) is 6.33. The molecular formula is C9H12N6S. The molecule has 0 aliphatic heterocycles. The van der Waals surface area contributed by atoms with Crippen molar-refractivity contribution in [3.8, 4) is 0 Å². The molecule has 0 radical (unpaired) electrons. The maximum absolute atomic E-state index is 5.23. The number of nitrogens with two attached hydrogens (primary N) is 1. The molecule has 2 heterocycles. The number of hydrazine groups is 1. The van der Waals surface area contributed by atoms with Gasteiger partial charge < -0.3 is 5.32 Å². The van der Waals surface area contributed by atoms with Crippen LogP contribution in [-0.2, 0) is 0 Å². The number of hydrogen-bond donors (Lipinski definition) is 3. The molecule has 7 heteroatoms. The lowest BCUT2D eigenvalue weighted by Crippen LogP contribution is -2.13. The van der Waals surface area contributed by atoms with E-state index in [1.807, 2.05) is 12.3 Å². The van der Waals surface area contributed by atoms with Crippen molar-refractivity contribution in [1.82, 2.24) is 15.0 Å². The second-order valence-electron chi connectivity index (χ2n) is 3.15. The summed E-state index contributed by atoms with van der Waals surface area (Å²) in [6.07, 6.45) is 3.42. The number of aromatic nitrogens is 3. The zero-order valence-corrected chi connectivity index (χ0v) is 9.53. The first kappa shape index (κ1) is 10.8. The first-order valence-electron chi connectivity index (χ1n) is 4.75. The van der Waals surface area contributed by atoms with Crippen molar-refractivity contribution in [2.45, 2.75) is 13.0 Å². The predicted octanol–water partition coefficient (Wildman–Crippen LogP) is 1.39. The molecule has 2 rings (SSSR count). The molecule has 0 saturated heterocycles. The molecule has 4 N–H and O–H groups in total. The molecule has 6 nitrogen and oxygen atoms in total. The van der Waals surface area contributed by atoms with Gasteiger partial charge in [-0.1, -0.05) is 0 Å². The van der Waals surface area contributed by atoms with Gasteiger partial charge in [-0.25, -0.2) is 15.8 Å². The topological polar surface area (TPSA) is 88.8 Å². The molecule has 84 valence electrons. The molecule has 2 aromatic rings. The van der Waals surface area contributed by atoms with Crippen LogP contribution in [-0.4, -0.2) is 15.0 Å². The molecule has 0 aliphatic rings. The van der Waals surface area contributed by atoms with Gasteiger partial charge in [-0.2, -0.15) is 4.98 Å². The molecule has 1 atom stereocenters. The number of nitrogen functional groups attached to an aromatic ring is 1. The Bertz CT molecular complexity index is 443. The minimum atomic E-state index is 0.112. The number of thiazole rings is 1. The quantitative estimate of drug-likeness (QED) is 0.549. The molecular weight excluding hydrogens is 224 g/mol. The van der Waals surface area contributed by atoms with Gasteiger partial charge in [0.05, 0.1) is 6.04 Å². The maximum Gasteiger partial charge on any atom is 0.239 e. The summed E-state index contributed by atoms with van der Waals surface area (Å²) in [5.41, 5.74) is 2.40. The SMILES string of the molecule is CC(Nc1ccnc(NN)n1)c1nccs1. The van der Waals surface area contributed by atoms with Crippen LogP contribution < -0.4 is 16.6 Å². The summed E-state index contributed by atoms with van der Waals surface area (Å²) < 4.78 is 0. The Morgan fingerprint density at radius 2 is 2.25 bits per heavy atom. The zero-order chi connectivity index (χ0) is 11.4. The molecule has 0 amide bonds. The third-order valence-corrected chi connectivity index (χ3v) is 2.93. The standard InChI is InChI=1S/C9H12N6S/c1-6(8-11-4-5-16-8)13-7-2-3-12-9(14-7)15-10/h2-6H,10H2,1H3,(H2,12,13,14,15). The van der Waals surface area contributed by atoms with E-state index in [0.29, 0.717) is 11.8 Å². The molecule has 0 fully saturated rings. The second-order valence-corrected chi connectivity index (χ2v) is 4.07. The van der Waals surface area contributed by atoms with Gasteiger partial charge in [-0.15, -0.1) is 11.3 Å². The van der Waals surface area contributed by atoms with Gasteiger partial charge in [0.2, 0.25) is 5.95 Å². The molecule has 0 aliphatic carbocycles. The van der Waals surface area contributed by atoms with Gasteiger partial charge in [-0.05, 0) is 13.0 Å². The second kappa shape index (κ2) is 4.86. The number of hydrogen-bond acceptors (Lipinski definition) is 7. The minimum absolute atomic E-state index is 0.112. The number of rotatable bonds is 4. The van der Waals surface area contributed by atoms with Crippen LogP contribution in [0.1, 0.15) is 18.0 Å². The average molecular weight is 236 g/mol. The lowest BCUT2D eigenvalue weighted by atomic mass is 10.3. The van der Waals surface area contributed by atoms with E-state index >= 15 is 0 Å². The van der Waals surface area contributed by atoms with Crippen LogP contribution in [0.15, 0.2) is 23.8 Å². The van der Waals surface area contributed by atoms with Gasteiger partial charge in [0.15, 0.2) is 0 Å². The molecule has 0 aromatic carbocycles. The summed E-state index contributed by atoms with van der Waals surface area (Å²) in [4.78, 5) is 12.3. The third kappa shape index (κ3) is 2.44. The summed E-state index contributed by atoms with van der Waals surface area (Å²) in [7, 11) is 0. The smallest absolute Gasteiger partial charge is 0.239 e. The number of anilines is 2. The van der Waals surface area contributed by atoms with E-state index in [0.717, 1.165) is 5.01 Å². The molecule has 2 aromatic heterocycles. The van der Waals surface area contributed by atoms with E-state index in [1.165, 1.54) is 0 Å². The Morgan fingerprint density at radius 1 is 1.38 bits per heavy atom. The normalized spacial score (nSPS) is 12.1. The highest BCUT2D eigenvalue weighted by Crippen LogP contribution is 2.19. The van der Waals surface area contributed by atoms with Crippen molar-refractivity contribution in [2.24, 2.45) is 5.84 Å². The Hall–Kier alpha value is -1.73. The van der Waals surface area contributed by atoms with Crippen molar-refractivity contribution < 1.29 is 0 Å². The largest absolute Gasteiger partial charge is 0.361 e. The zero-order valence-electron chi connectivity index (χ0n) is 8.71. The van der Waals surface area contributed by atoms with Crippen LogP contribution in [0, 0.1) is 0 Å². The highest BCUT2D eigenvalue weighted by Gasteiger charge is 2.08. The molecule has 16 heavy (non-hydrogen) atoms. The van der Waals surface area contributed by atoms with Crippen LogP contribution in [0.2, 0.25) is 0 Å². The maximum atomic E-state index is 5.23. The summed E-state index contributed by atoms with van der Waals surface area (Å²) >= 11 is 1.60. The molecule has 0 spiro atoms. The predicted molar refractivity (Wildman–Crippen MR) is 64.0 cm³/mol. The first-order chi connectivity index (χ1) is 7.79. The lowest BCUT2D eigenvalue weighted by molar-refractivity contribution is 0.858. The summed E-state index contributed by atoms with van der Waals surface area (Å²) in [5, 5.41) is 6.18. The number of nitrogens with one attached hydrogen (secondary N) is 2. The average Bonchev–Trinajstić information content (AvgIpc) is 2.83. The molecule has 0 bridgehead atoms. The molecule has 0 saturated carbocycles. The van der Waals surface area contributed by atoms with Gasteiger partial charge in [0.1, 0.15) is 10.8 Å². The van der Waals surface area contributed by atoms with Crippen LogP contribution in [0.25, 0.3) is 0 Å². The minimum Gasteiger partial charge on any atom is -0.361 e. The van der Waals surface area contributed by atoms with Crippen molar-refractivity contribution in [1.29, 1.82) is 0 Å². The molecule has 1 unspecified atom stereocenters. The van der Waals surface area contributed by atoms with Crippen LogP contribution >= 0.6 is 11.3 Å². The van der Waals surface area contributed by atoms with Crippen LogP contribution in [0.3, 0.4) is 0 Å². The summed E-state index contributed by atoms with van der Waals surface area (Å²) in [6.45, 7) is 2.02. The van der Waals surface area contributed by atoms with Gasteiger partial charge >= 0.3 is 0 Å². The lowest BCUT2D eigenvalue weighted by Gasteiger charge is -2.11. The summed E-state index contributed by atoms with van der Waals surface area (Å²) in [6, 6.07) is 1.89. The van der Waals surface area contributed by atoms with Crippen LogP contribution in [0.5, 0.6) is 0 Å². The van der Waals surface area contributed by atoms with Gasteiger partial charge in [0, 0.05) is 17.8 Å². The van der Waals surface area contributed by atoms with Crippen molar-refractivity contribution in [2.75, 3.05) is 10.7 Å². The van der Waals surface area contributed by atoms with Crippen molar-refractivity contribution >= 4 is 23.1 Å². The van der Waals surface area contributed by atoms with Gasteiger partial charge in [0.25, 0.3) is 0 Å². The fraction of sp³-hybridized carbons (Fsp3) is 0.222. The Balaban J connectivity index is 2.08. The Kier molecular flexibility index (Phi) is 3.28. The Morgan fingerprint density at radius 3 is 2.94 bits per heavy atom. The van der Waals surface area contributed by atoms with Crippen molar-refractivity contribution in [3.63, 3.8) is 0 Å². The van der Waals surface area contributed by atoms with E-state index in [9.17, 15) is 0 Å². The highest BCUT2D eigenvalue weighted by atomic mass is 32.1. The fourth-order valence-corrected chi connectivity index (χ4v) is 1.89. The van der Waals surface area contributed by atoms with Crippen molar-refractivity contribution in [3.05, 3.63) is 28.8 Å². The first-order valence-corrected chi connectivity index (χ1v) is 5.63. The van der Waals surface area contributed by atoms with E-state index in [2.05, 4.69) is 25.7 Å². The van der Waals surface area contributed by atoms with E-state index < -0.39 is 0 Å². The monoisotopic (exact) mass is 236 g/mol. The van der Waals surface area contributed by atoms with E-state index in [4.69, 9.17) is 5.84 Å².